The Morgan fingerprint density at radius 1 is 1.12 bits per heavy atom. The van der Waals surface area contributed by atoms with Gasteiger partial charge < -0.3 is 10.2 Å². The predicted molar refractivity (Wildman–Crippen MR) is 105 cm³/mol. The second-order valence-corrected chi connectivity index (χ2v) is 8.37. The van der Waals surface area contributed by atoms with Crippen LogP contribution in [-0.2, 0) is 0 Å². The minimum Gasteiger partial charge on any atom is -0.343 e. The molecule has 1 aromatic heterocycles. The molecule has 1 aliphatic rings. The largest absolute Gasteiger partial charge is 0.343 e. The highest BCUT2D eigenvalue weighted by Gasteiger charge is 2.45. The minimum atomic E-state index is -0.00287. The minimum absolute atomic E-state index is 0.00287. The molecular formula is C21H28N2OS. The molecule has 1 heterocycles. The van der Waals surface area contributed by atoms with E-state index in [2.05, 4.69) is 41.8 Å². The SMILES string of the molecule is Cc1cccc(C)c1C(=O)NC(c1cccs1)C1(N(C)C)CCCC1. The van der Waals surface area contributed by atoms with Crippen molar-refractivity contribution in [1.82, 2.24) is 10.2 Å². The van der Waals surface area contributed by atoms with E-state index in [0.29, 0.717) is 0 Å². The van der Waals surface area contributed by atoms with Gasteiger partial charge in [-0.25, -0.2) is 0 Å². The molecule has 1 atom stereocenters. The molecule has 1 amide bonds. The number of carbonyl (C=O) groups excluding carboxylic acids is 1. The van der Waals surface area contributed by atoms with Crippen LogP contribution >= 0.6 is 11.3 Å². The van der Waals surface area contributed by atoms with E-state index < -0.39 is 0 Å². The third kappa shape index (κ3) is 3.38. The topological polar surface area (TPSA) is 32.3 Å². The maximum Gasteiger partial charge on any atom is 0.252 e. The lowest BCUT2D eigenvalue weighted by Crippen LogP contribution is -2.53. The van der Waals surface area contributed by atoms with Crippen molar-refractivity contribution in [2.45, 2.75) is 51.1 Å². The molecule has 0 radical (unpaired) electrons. The Balaban J connectivity index is 1.98. The Bertz CT molecular complexity index is 710. The number of likely N-dealkylation sites (N-methyl/N-ethyl adjacent to an activating group) is 1. The molecule has 1 aliphatic carbocycles. The number of aryl methyl sites for hydroxylation is 2. The van der Waals surface area contributed by atoms with E-state index in [1.807, 2.05) is 32.0 Å². The first kappa shape index (κ1) is 18.2. The number of hydrogen-bond acceptors (Lipinski definition) is 3. The highest BCUT2D eigenvalue weighted by molar-refractivity contribution is 7.10. The Hall–Kier alpha value is -1.65. The van der Waals surface area contributed by atoms with Crippen molar-refractivity contribution in [3.8, 4) is 0 Å². The number of nitrogens with zero attached hydrogens (tertiary/aromatic N) is 1. The molecule has 0 bridgehead atoms. The predicted octanol–water partition coefficient (Wildman–Crippen LogP) is 4.71. The second kappa shape index (κ2) is 7.30. The lowest BCUT2D eigenvalue weighted by molar-refractivity contribution is 0.0772. The van der Waals surface area contributed by atoms with Crippen LogP contribution in [0.4, 0.5) is 0 Å². The van der Waals surface area contributed by atoms with Crippen LogP contribution in [0.15, 0.2) is 35.7 Å². The fraction of sp³-hybridized carbons (Fsp3) is 0.476. The summed E-state index contributed by atoms with van der Waals surface area (Å²) in [6.07, 6.45) is 4.68. The van der Waals surface area contributed by atoms with Crippen LogP contribution in [0.3, 0.4) is 0 Å². The van der Waals surface area contributed by atoms with Crippen LogP contribution in [0.5, 0.6) is 0 Å². The third-order valence-corrected chi connectivity index (χ3v) is 6.65. The number of benzene rings is 1. The van der Waals surface area contributed by atoms with Crippen molar-refractivity contribution in [3.63, 3.8) is 0 Å². The number of carbonyl (C=O) groups is 1. The second-order valence-electron chi connectivity index (χ2n) is 7.39. The van der Waals surface area contributed by atoms with Gasteiger partial charge in [-0.05, 0) is 63.4 Å². The van der Waals surface area contributed by atoms with Gasteiger partial charge in [0, 0.05) is 16.0 Å². The third-order valence-electron chi connectivity index (χ3n) is 5.71. The van der Waals surface area contributed by atoms with Gasteiger partial charge in [-0.1, -0.05) is 37.1 Å². The highest BCUT2D eigenvalue weighted by atomic mass is 32.1. The van der Waals surface area contributed by atoms with Gasteiger partial charge in [0.15, 0.2) is 0 Å². The molecule has 0 aliphatic heterocycles. The molecule has 2 aromatic rings. The van der Waals surface area contributed by atoms with Gasteiger partial charge in [-0.3, -0.25) is 4.79 Å². The molecule has 1 unspecified atom stereocenters. The van der Waals surface area contributed by atoms with Gasteiger partial charge in [0.2, 0.25) is 0 Å². The number of thiophene rings is 1. The fourth-order valence-electron chi connectivity index (χ4n) is 4.28. The fourth-order valence-corrected chi connectivity index (χ4v) is 5.17. The zero-order valence-electron chi connectivity index (χ0n) is 15.6. The average molecular weight is 357 g/mol. The van der Waals surface area contributed by atoms with Crippen LogP contribution in [0.1, 0.15) is 58.1 Å². The van der Waals surface area contributed by atoms with Crippen molar-refractivity contribution in [2.24, 2.45) is 0 Å². The van der Waals surface area contributed by atoms with Gasteiger partial charge in [0.05, 0.1) is 6.04 Å². The molecular weight excluding hydrogens is 328 g/mol. The molecule has 1 N–H and O–H groups in total. The standard InChI is InChI=1S/C21H28N2OS/c1-15-9-7-10-16(2)18(15)20(24)22-19(17-11-8-14-25-17)21(23(3)4)12-5-6-13-21/h7-11,14,19H,5-6,12-13H2,1-4H3,(H,22,24). The Labute approximate surface area is 155 Å². The molecule has 3 nitrogen and oxygen atoms in total. The van der Waals surface area contributed by atoms with Crippen molar-refractivity contribution < 1.29 is 4.79 Å². The first-order chi connectivity index (χ1) is 12.0. The van der Waals surface area contributed by atoms with Crippen molar-refractivity contribution in [1.29, 1.82) is 0 Å². The van der Waals surface area contributed by atoms with Crippen molar-refractivity contribution >= 4 is 17.2 Å². The summed E-state index contributed by atoms with van der Waals surface area (Å²) in [5, 5.41) is 5.51. The molecule has 0 spiro atoms. The summed E-state index contributed by atoms with van der Waals surface area (Å²) in [4.78, 5) is 16.8. The summed E-state index contributed by atoms with van der Waals surface area (Å²) in [6, 6.07) is 10.3. The number of rotatable bonds is 5. The van der Waals surface area contributed by atoms with Gasteiger partial charge >= 0.3 is 0 Å². The number of hydrogen-bond donors (Lipinski definition) is 1. The van der Waals surface area contributed by atoms with E-state index in [1.54, 1.807) is 11.3 Å². The zero-order valence-corrected chi connectivity index (χ0v) is 16.5. The summed E-state index contributed by atoms with van der Waals surface area (Å²) in [6.45, 7) is 4.03. The Morgan fingerprint density at radius 2 is 1.76 bits per heavy atom. The first-order valence-corrected chi connectivity index (χ1v) is 9.91. The molecule has 1 fully saturated rings. The highest BCUT2D eigenvalue weighted by Crippen LogP contribution is 2.44. The maximum absolute atomic E-state index is 13.2. The Kier molecular flexibility index (Phi) is 5.30. The summed E-state index contributed by atoms with van der Waals surface area (Å²) in [5.41, 5.74) is 2.88. The van der Waals surface area contributed by atoms with Crippen LogP contribution in [-0.4, -0.2) is 30.4 Å². The van der Waals surface area contributed by atoms with E-state index >= 15 is 0 Å². The van der Waals surface area contributed by atoms with Crippen LogP contribution in [0.2, 0.25) is 0 Å². The lowest BCUT2D eigenvalue weighted by Gasteiger charge is -2.43. The maximum atomic E-state index is 13.2. The normalized spacial score (nSPS) is 17.6. The first-order valence-electron chi connectivity index (χ1n) is 9.03. The van der Waals surface area contributed by atoms with Gasteiger partial charge in [-0.2, -0.15) is 0 Å². The van der Waals surface area contributed by atoms with Gasteiger partial charge in [0.25, 0.3) is 5.91 Å². The van der Waals surface area contributed by atoms with E-state index in [9.17, 15) is 4.79 Å². The molecule has 3 rings (SSSR count). The average Bonchev–Trinajstić information content (AvgIpc) is 3.25. The van der Waals surface area contributed by atoms with Crippen molar-refractivity contribution in [3.05, 3.63) is 57.3 Å². The molecule has 4 heteroatoms. The van der Waals surface area contributed by atoms with Crippen LogP contribution in [0.25, 0.3) is 0 Å². The summed E-state index contributed by atoms with van der Waals surface area (Å²) >= 11 is 1.74. The van der Waals surface area contributed by atoms with E-state index in [4.69, 9.17) is 0 Å². The summed E-state index contributed by atoms with van der Waals surface area (Å²) < 4.78 is 0. The van der Waals surface area contributed by atoms with Crippen LogP contribution < -0.4 is 5.32 Å². The quantitative estimate of drug-likeness (QED) is 0.841. The smallest absolute Gasteiger partial charge is 0.252 e. The van der Waals surface area contributed by atoms with Gasteiger partial charge in [0.1, 0.15) is 0 Å². The molecule has 25 heavy (non-hydrogen) atoms. The Morgan fingerprint density at radius 3 is 2.28 bits per heavy atom. The summed E-state index contributed by atoms with van der Waals surface area (Å²) in [7, 11) is 4.30. The molecule has 1 saturated carbocycles. The van der Waals surface area contributed by atoms with Gasteiger partial charge in [-0.15, -0.1) is 11.3 Å². The summed E-state index contributed by atoms with van der Waals surface area (Å²) in [5.74, 6) is 0.0436. The number of amides is 1. The van der Waals surface area contributed by atoms with Crippen LogP contribution in [0, 0.1) is 13.8 Å². The van der Waals surface area contributed by atoms with E-state index in [0.717, 1.165) is 29.5 Å². The van der Waals surface area contributed by atoms with Crippen molar-refractivity contribution in [2.75, 3.05) is 14.1 Å². The lowest BCUT2D eigenvalue weighted by atomic mass is 9.85. The molecule has 134 valence electrons. The van der Waals surface area contributed by atoms with E-state index in [-0.39, 0.29) is 17.5 Å². The zero-order chi connectivity index (χ0) is 18.0. The monoisotopic (exact) mass is 356 g/mol. The number of nitrogens with one attached hydrogen (secondary N) is 1. The molecule has 1 aromatic carbocycles. The van der Waals surface area contributed by atoms with E-state index in [1.165, 1.54) is 17.7 Å². The molecule has 0 saturated heterocycles.